The monoisotopic (exact) mass is 582 g/mol. The van der Waals surface area contributed by atoms with Crippen molar-refractivity contribution in [1.82, 2.24) is 25.4 Å². The molecule has 2 atom stereocenters. The zero-order valence-corrected chi connectivity index (χ0v) is 24.0. The lowest BCUT2D eigenvalue weighted by atomic mass is 9.77. The van der Waals surface area contributed by atoms with Crippen LogP contribution in [0.1, 0.15) is 64.4 Å². The number of hydrogen-bond acceptors (Lipinski definition) is 7. The minimum Gasteiger partial charge on any atom is -0.371 e. The molecule has 7 rings (SSSR count). The fourth-order valence-corrected chi connectivity index (χ4v) is 7.38. The van der Waals surface area contributed by atoms with Crippen molar-refractivity contribution in [2.75, 3.05) is 38.1 Å². The van der Waals surface area contributed by atoms with Crippen molar-refractivity contribution in [3.63, 3.8) is 0 Å². The van der Waals surface area contributed by atoms with Gasteiger partial charge in [0.15, 0.2) is 0 Å². The molecule has 222 valence electrons. The summed E-state index contributed by atoms with van der Waals surface area (Å²) in [7, 11) is 1.68. The van der Waals surface area contributed by atoms with Crippen LogP contribution in [0, 0.1) is 5.41 Å². The van der Waals surface area contributed by atoms with Crippen LogP contribution in [0.4, 0.5) is 5.69 Å². The zero-order valence-electron chi connectivity index (χ0n) is 24.0. The molecule has 0 aliphatic carbocycles. The first kappa shape index (κ1) is 27.3. The van der Waals surface area contributed by atoms with Crippen LogP contribution in [-0.2, 0) is 14.4 Å². The molecule has 4 aliphatic rings. The molecule has 11 nitrogen and oxygen atoms in total. The number of likely N-dealkylation sites (tertiary alicyclic amines) is 1. The molecule has 5 heterocycles. The van der Waals surface area contributed by atoms with Gasteiger partial charge in [0.2, 0.25) is 17.7 Å². The molecule has 3 aromatic rings. The molecule has 3 N–H and O–H groups in total. The molecule has 11 heteroatoms. The van der Waals surface area contributed by atoms with Crippen LogP contribution >= 0.6 is 0 Å². The Hall–Kier alpha value is -4.51. The maximum Gasteiger partial charge on any atom is 0.262 e. The number of piperidine rings is 2. The Morgan fingerprint density at radius 1 is 0.953 bits per heavy atom. The van der Waals surface area contributed by atoms with Gasteiger partial charge in [-0.3, -0.25) is 39.1 Å². The third kappa shape index (κ3) is 4.58. The molecule has 3 fully saturated rings. The van der Waals surface area contributed by atoms with E-state index >= 15 is 0 Å². The van der Waals surface area contributed by atoms with Crippen molar-refractivity contribution < 1.29 is 24.0 Å². The smallest absolute Gasteiger partial charge is 0.262 e. The summed E-state index contributed by atoms with van der Waals surface area (Å²) >= 11 is 0. The molecule has 4 aliphatic heterocycles. The Balaban J connectivity index is 1.05. The van der Waals surface area contributed by atoms with Crippen LogP contribution in [0.15, 0.2) is 48.7 Å². The van der Waals surface area contributed by atoms with Gasteiger partial charge in [0.05, 0.1) is 11.1 Å². The summed E-state index contributed by atoms with van der Waals surface area (Å²) in [4.78, 5) is 72.3. The third-order valence-corrected chi connectivity index (χ3v) is 9.84. The molecule has 0 radical (unpaired) electrons. The van der Waals surface area contributed by atoms with Gasteiger partial charge in [0.25, 0.3) is 11.8 Å². The number of imide groups is 2. The summed E-state index contributed by atoms with van der Waals surface area (Å²) in [6.45, 7) is 3.26. The first-order chi connectivity index (χ1) is 20.8. The van der Waals surface area contributed by atoms with Crippen LogP contribution in [0.5, 0.6) is 0 Å². The number of anilines is 1. The molecule has 3 saturated heterocycles. The minimum atomic E-state index is -0.975. The SMILES string of the molecule is CNC(=O)C(c1ccc2cc[nH]c2c1)N1CCC2(CCN(c3ccc4c(c3)C(=O)N(C3CCC(=O)NC3=O)C4=O)C2)CC1. The van der Waals surface area contributed by atoms with Gasteiger partial charge in [0.1, 0.15) is 12.1 Å². The molecule has 2 unspecified atom stereocenters. The van der Waals surface area contributed by atoms with Crippen molar-refractivity contribution in [1.29, 1.82) is 0 Å². The number of aromatic amines is 1. The number of benzene rings is 2. The molecule has 2 aromatic carbocycles. The Kier molecular flexibility index (Phi) is 6.57. The van der Waals surface area contributed by atoms with Crippen molar-refractivity contribution in [3.05, 3.63) is 65.4 Å². The van der Waals surface area contributed by atoms with Gasteiger partial charge < -0.3 is 15.2 Å². The van der Waals surface area contributed by atoms with Crippen molar-refractivity contribution in [2.24, 2.45) is 5.41 Å². The van der Waals surface area contributed by atoms with E-state index in [1.165, 1.54) is 0 Å². The molecular weight excluding hydrogens is 548 g/mol. The number of fused-ring (bicyclic) bond motifs is 2. The van der Waals surface area contributed by atoms with Gasteiger partial charge in [0, 0.05) is 44.0 Å². The summed E-state index contributed by atoms with van der Waals surface area (Å²) in [5.41, 5.74) is 3.56. The molecular formula is C32H34N6O5. The van der Waals surface area contributed by atoms with Crippen LogP contribution < -0.4 is 15.5 Å². The normalized spacial score (nSPS) is 22.8. The summed E-state index contributed by atoms with van der Waals surface area (Å²) in [5.74, 6) is -2.00. The fraction of sp³-hybridized carbons (Fsp3) is 0.406. The highest BCUT2D eigenvalue weighted by Crippen LogP contribution is 2.44. The molecule has 1 aromatic heterocycles. The quantitative estimate of drug-likeness (QED) is 0.393. The van der Waals surface area contributed by atoms with Crippen LogP contribution in [0.2, 0.25) is 0 Å². The minimum absolute atomic E-state index is 0.0152. The summed E-state index contributed by atoms with van der Waals surface area (Å²) in [6.07, 6.45) is 5.04. The van der Waals surface area contributed by atoms with E-state index in [1.807, 2.05) is 24.4 Å². The highest BCUT2D eigenvalue weighted by Gasteiger charge is 2.46. The van der Waals surface area contributed by atoms with E-state index in [4.69, 9.17) is 0 Å². The molecule has 0 saturated carbocycles. The Bertz CT molecular complexity index is 1670. The highest BCUT2D eigenvalue weighted by molar-refractivity contribution is 6.23. The first-order valence-electron chi connectivity index (χ1n) is 14.9. The molecule has 0 bridgehead atoms. The number of carbonyl (C=O) groups excluding carboxylic acids is 5. The van der Waals surface area contributed by atoms with Gasteiger partial charge in [-0.15, -0.1) is 0 Å². The number of likely N-dealkylation sites (N-methyl/N-ethyl adjacent to an activating group) is 1. The Morgan fingerprint density at radius 2 is 1.72 bits per heavy atom. The van der Waals surface area contributed by atoms with Crippen LogP contribution in [0.25, 0.3) is 10.9 Å². The second-order valence-electron chi connectivity index (χ2n) is 12.2. The summed E-state index contributed by atoms with van der Waals surface area (Å²) in [6, 6.07) is 12.2. The number of rotatable bonds is 5. The van der Waals surface area contributed by atoms with E-state index in [9.17, 15) is 24.0 Å². The number of hydrogen-bond donors (Lipinski definition) is 3. The largest absolute Gasteiger partial charge is 0.371 e. The molecule has 5 amide bonds. The summed E-state index contributed by atoms with van der Waals surface area (Å²) < 4.78 is 0. The van der Waals surface area contributed by atoms with E-state index in [2.05, 4.69) is 37.6 Å². The predicted molar refractivity (Wildman–Crippen MR) is 158 cm³/mol. The average Bonchev–Trinajstić information content (AvgIpc) is 3.71. The van der Waals surface area contributed by atoms with Gasteiger partial charge in [-0.25, -0.2) is 0 Å². The van der Waals surface area contributed by atoms with E-state index in [0.717, 1.165) is 72.5 Å². The number of carbonyl (C=O) groups is 5. The number of amides is 5. The van der Waals surface area contributed by atoms with E-state index < -0.39 is 29.7 Å². The average molecular weight is 583 g/mol. The number of nitrogens with one attached hydrogen (secondary N) is 3. The van der Waals surface area contributed by atoms with Crippen LogP contribution in [0.3, 0.4) is 0 Å². The van der Waals surface area contributed by atoms with E-state index in [1.54, 1.807) is 19.2 Å². The number of nitrogens with zero attached hydrogens (tertiary/aromatic N) is 3. The van der Waals surface area contributed by atoms with E-state index in [-0.39, 0.29) is 30.2 Å². The number of aromatic nitrogens is 1. The van der Waals surface area contributed by atoms with E-state index in [0.29, 0.717) is 11.1 Å². The Labute approximate surface area is 248 Å². The van der Waals surface area contributed by atoms with Crippen LogP contribution in [-0.4, -0.2) is 83.6 Å². The lowest BCUT2D eigenvalue weighted by Crippen LogP contribution is -2.54. The molecule has 1 spiro atoms. The number of H-pyrrole nitrogens is 1. The summed E-state index contributed by atoms with van der Waals surface area (Å²) in [5, 5.41) is 6.21. The predicted octanol–water partition coefficient (Wildman–Crippen LogP) is 2.35. The topological polar surface area (TPSA) is 135 Å². The zero-order chi connectivity index (χ0) is 29.9. The van der Waals surface area contributed by atoms with Gasteiger partial charge in [-0.05, 0) is 85.5 Å². The standard InChI is InChI=1S/C32H34N6O5/c1-33-29(41)27(20-3-2-19-8-12-34-24(19)16-20)36-13-9-32(10-14-36)11-15-37(18-32)21-4-5-22-23(17-21)31(43)38(30(22)42)25-6-7-26(39)35-28(25)40/h2-5,8,12,16-17,25,27,34H,6-7,9-11,13-15,18H2,1H3,(H,33,41)(H,35,39,40). The molecule has 43 heavy (non-hydrogen) atoms. The maximum atomic E-state index is 13.3. The van der Waals surface area contributed by atoms with Gasteiger partial charge >= 0.3 is 0 Å². The lowest BCUT2D eigenvalue weighted by Gasteiger charge is -2.42. The fourth-order valence-electron chi connectivity index (χ4n) is 7.38. The second-order valence-corrected chi connectivity index (χ2v) is 12.2. The first-order valence-corrected chi connectivity index (χ1v) is 14.9. The lowest BCUT2D eigenvalue weighted by molar-refractivity contribution is -0.136. The second kappa shape index (κ2) is 10.3. The maximum absolute atomic E-state index is 13.3. The van der Waals surface area contributed by atoms with Crippen molar-refractivity contribution in [3.8, 4) is 0 Å². The van der Waals surface area contributed by atoms with Crippen molar-refractivity contribution in [2.45, 2.75) is 44.2 Å². The Morgan fingerprint density at radius 3 is 2.49 bits per heavy atom. The van der Waals surface area contributed by atoms with Gasteiger partial charge in [-0.1, -0.05) is 12.1 Å². The van der Waals surface area contributed by atoms with Crippen molar-refractivity contribution >= 4 is 46.1 Å². The third-order valence-electron chi connectivity index (χ3n) is 9.84. The highest BCUT2D eigenvalue weighted by atomic mass is 16.2. The van der Waals surface area contributed by atoms with Gasteiger partial charge in [-0.2, -0.15) is 0 Å².